The highest BCUT2D eigenvalue weighted by atomic mass is 14.8. The van der Waals surface area contributed by atoms with Crippen LogP contribution in [0.1, 0.15) is 0 Å². The number of nitrogens with zero attached hydrogens (tertiary/aromatic N) is 2. The van der Waals surface area contributed by atoms with E-state index in [1.807, 2.05) is 18.2 Å². The van der Waals surface area contributed by atoms with Gasteiger partial charge in [0.15, 0.2) is 0 Å². The highest BCUT2D eigenvalue weighted by Crippen LogP contribution is 2.36. The van der Waals surface area contributed by atoms with Gasteiger partial charge in [-0.15, -0.1) is 0 Å². The average Bonchev–Trinajstić information content (AvgIpc) is 3.21. The fourth-order valence-corrected chi connectivity index (χ4v) is 6.80. The van der Waals surface area contributed by atoms with Gasteiger partial charge >= 0.3 is 0 Å². The van der Waals surface area contributed by atoms with E-state index in [-0.39, 0.29) is 0 Å². The predicted octanol–water partition coefficient (Wildman–Crippen LogP) is 12.8. The van der Waals surface area contributed by atoms with Gasteiger partial charge in [-0.2, -0.15) is 0 Å². The second-order valence-electron chi connectivity index (χ2n) is 12.7. The minimum absolute atomic E-state index is 0.912. The van der Waals surface area contributed by atoms with E-state index in [4.69, 9.17) is 9.97 Å². The molecule has 2 heteroatoms. The van der Waals surface area contributed by atoms with Crippen molar-refractivity contribution in [2.45, 2.75) is 0 Å². The van der Waals surface area contributed by atoms with E-state index in [0.717, 1.165) is 55.4 Å². The van der Waals surface area contributed by atoms with Gasteiger partial charge in [0.1, 0.15) is 0 Å². The molecule has 234 valence electrons. The van der Waals surface area contributed by atoms with Crippen LogP contribution < -0.4 is 0 Å². The number of fused-ring (bicyclic) bond motifs is 3. The van der Waals surface area contributed by atoms with Crippen molar-refractivity contribution in [3.63, 3.8) is 0 Å². The van der Waals surface area contributed by atoms with Crippen LogP contribution in [-0.2, 0) is 0 Å². The van der Waals surface area contributed by atoms with Crippen LogP contribution in [0.2, 0.25) is 0 Å². The molecule has 2 nitrogen and oxygen atoms in total. The summed E-state index contributed by atoms with van der Waals surface area (Å²) in [6.45, 7) is 0. The average molecular weight is 637 g/mol. The molecule has 0 aliphatic heterocycles. The van der Waals surface area contributed by atoms with E-state index in [9.17, 15) is 0 Å². The smallest absolute Gasteiger partial charge is 0.0972 e. The molecule has 0 atom stereocenters. The van der Waals surface area contributed by atoms with Crippen LogP contribution in [0, 0.1) is 0 Å². The second kappa shape index (κ2) is 12.8. The van der Waals surface area contributed by atoms with E-state index in [1.54, 1.807) is 0 Å². The molecular weight excluding hydrogens is 605 g/mol. The summed E-state index contributed by atoms with van der Waals surface area (Å²) < 4.78 is 0. The van der Waals surface area contributed by atoms with Gasteiger partial charge < -0.3 is 0 Å². The van der Waals surface area contributed by atoms with E-state index in [2.05, 4.69) is 176 Å². The number of aromatic nitrogens is 2. The van der Waals surface area contributed by atoms with Gasteiger partial charge in [0, 0.05) is 21.9 Å². The van der Waals surface area contributed by atoms with Crippen molar-refractivity contribution in [3.8, 4) is 67.0 Å². The molecule has 9 rings (SSSR count). The Kier molecular flexibility index (Phi) is 7.53. The Bertz CT molecular complexity index is 2610. The normalized spacial score (nSPS) is 11.2. The maximum Gasteiger partial charge on any atom is 0.0972 e. The molecule has 0 unspecified atom stereocenters. The quantitative estimate of drug-likeness (QED) is 0.170. The monoisotopic (exact) mass is 636 g/mol. The molecular formula is C48H32N2. The van der Waals surface area contributed by atoms with Crippen LogP contribution in [-0.4, -0.2) is 9.97 Å². The van der Waals surface area contributed by atoms with Gasteiger partial charge in [-0.25, -0.2) is 9.97 Å². The SMILES string of the molecule is c1ccc(-c2ccc(-c3cc(-c4ccccc4)cc(-c4cccc(-c5ccc6ccc7ccc(-c8ccccc8)nc7c6n5)c4)c3)cc2)cc1. The van der Waals surface area contributed by atoms with Crippen molar-refractivity contribution < 1.29 is 0 Å². The first-order valence-corrected chi connectivity index (χ1v) is 17.0. The Morgan fingerprint density at radius 3 is 1.10 bits per heavy atom. The van der Waals surface area contributed by atoms with Crippen molar-refractivity contribution >= 4 is 21.8 Å². The molecule has 0 saturated carbocycles. The van der Waals surface area contributed by atoms with Crippen LogP contribution in [0.4, 0.5) is 0 Å². The lowest BCUT2D eigenvalue weighted by atomic mass is 9.92. The Hall–Kier alpha value is -6.64. The molecule has 50 heavy (non-hydrogen) atoms. The lowest BCUT2D eigenvalue weighted by Gasteiger charge is -2.13. The van der Waals surface area contributed by atoms with Crippen molar-refractivity contribution in [2.75, 3.05) is 0 Å². The van der Waals surface area contributed by atoms with Gasteiger partial charge in [-0.1, -0.05) is 158 Å². The highest BCUT2D eigenvalue weighted by molar-refractivity contribution is 6.04. The maximum absolute atomic E-state index is 5.24. The Balaban J connectivity index is 1.13. The van der Waals surface area contributed by atoms with E-state index >= 15 is 0 Å². The molecule has 2 heterocycles. The summed E-state index contributed by atoms with van der Waals surface area (Å²) in [5.74, 6) is 0. The van der Waals surface area contributed by atoms with Crippen molar-refractivity contribution in [1.29, 1.82) is 0 Å². The van der Waals surface area contributed by atoms with E-state index in [0.29, 0.717) is 0 Å². The maximum atomic E-state index is 5.24. The molecule has 0 aliphatic carbocycles. The second-order valence-corrected chi connectivity index (χ2v) is 12.7. The lowest BCUT2D eigenvalue weighted by Crippen LogP contribution is -1.91. The Morgan fingerprint density at radius 2 is 0.560 bits per heavy atom. The first-order chi connectivity index (χ1) is 24.7. The summed E-state index contributed by atoms with van der Waals surface area (Å²) in [6.07, 6.45) is 0. The van der Waals surface area contributed by atoms with Gasteiger partial charge in [0.05, 0.1) is 22.4 Å². The van der Waals surface area contributed by atoms with Crippen LogP contribution in [0.5, 0.6) is 0 Å². The lowest BCUT2D eigenvalue weighted by molar-refractivity contribution is 1.36. The van der Waals surface area contributed by atoms with Gasteiger partial charge in [-0.3, -0.25) is 0 Å². The molecule has 0 aliphatic rings. The molecule has 0 saturated heterocycles. The van der Waals surface area contributed by atoms with E-state index < -0.39 is 0 Å². The van der Waals surface area contributed by atoms with Crippen LogP contribution in [0.15, 0.2) is 194 Å². The molecule has 0 bridgehead atoms. The third-order valence-corrected chi connectivity index (χ3v) is 9.45. The number of hydrogen-bond donors (Lipinski definition) is 0. The number of benzene rings is 7. The minimum atomic E-state index is 0.912. The van der Waals surface area contributed by atoms with Gasteiger partial charge in [-0.05, 0) is 80.9 Å². The van der Waals surface area contributed by atoms with Gasteiger partial charge in [0.25, 0.3) is 0 Å². The third-order valence-electron chi connectivity index (χ3n) is 9.45. The third kappa shape index (κ3) is 5.74. The molecule has 9 aromatic rings. The fourth-order valence-electron chi connectivity index (χ4n) is 6.80. The summed E-state index contributed by atoms with van der Waals surface area (Å²) in [5, 5.41) is 2.16. The van der Waals surface area contributed by atoms with Crippen LogP contribution in [0.25, 0.3) is 88.8 Å². The van der Waals surface area contributed by atoms with Crippen molar-refractivity contribution in [2.24, 2.45) is 0 Å². The summed E-state index contributed by atoms with van der Waals surface area (Å²) >= 11 is 0. The molecule has 0 N–H and O–H groups in total. The number of hydrogen-bond acceptors (Lipinski definition) is 2. The molecule has 2 aromatic heterocycles. The van der Waals surface area contributed by atoms with Crippen LogP contribution in [0.3, 0.4) is 0 Å². The predicted molar refractivity (Wildman–Crippen MR) is 210 cm³/mol. The number of rotatable bonds is 6. The van der Waals surface area contributed by atoms with Crippen LogP contribution >= 0.6 is 0 Å². The Labute approximate surface area is 292 Å². The van der Waals surface area contributed by atoms with Gasteiger partial charge in [0.2, 0.25) is 0 Å². The molecule has 0 amide bonds. The summed E-state index contributed by atoms with van der Waals surface area (Å²) in [4.78, 5) is 10.4. The fraction of sp³-hybridized carbons (Fsp3) is 0. The van der Waals surface area contributed by atoms with E-state index in [1.165, 1.54) is 33.4 Å². The largest absolute Gasteiger partial charge is 0.245 e. The molecule has 0 fully saturated rings. The summed E-state index contributed by atoms with van der Waals surface area (Å²) in [5.41, 5.74) is 15.4. The highest BCUT2D eigenvalue weighted by Gasteiger charge is 2.12. The molecule has 0 spiro atoms. The molecule has 7 aromatic carbocycles. The number of pyridine rings is 2. The zero-order chi connectivity index (χ0) is 33.3. The first kappa shape index (κ1) is 29.5. The zero-order valence-electron chi connectivity index (χ0n) is 27.4. The summed E-state index contributed by atoms with van der Waals surface area (Å²) in [7, 11) is 0. The minimum Gasteiger partial charge on any atom is -0.245 e. The van der Waals surface area contributed by atoms with Crippen molar-refractivity contribution in [3.05, 3.63) is 194 Å². The van der Waals surface area contributed by atoms with Crippen molar-refractivity contribution in [1.82, 2.24) is 9.97 Å². The first-order valence-electron chi connectivity index (χ1n) is 17.0. The molecule has 0 radical (unpaired) electrons. The topological polar surface area (TPSA) is 25.8 Å². The summed E-state index contributed by atoms with van der Waals surface area (Å²) in [6, 6.07) is 68.8. The standard InChI is InChI=1S/C48H32N2/c1-4-11-33(12-5-1)35-19-21-36(22-20-35)43-30-42(34-13-6-2-7-14-34)31-44(32-43)40-17-10-18-41(29-40)46-28-26-39-24-23-38-25-27-45(37-15-8-3-9-16-37)49-47(38)48(39)50-46/h1-32H. The zero-order valence-corrected chi connectivity index (χ0v) is 27.4. The Morgan fingerprint density at radius 1 is 0.220 bits per heavy atom.